The second-order valence-electron chi connectivity index (χ2n) is 8.23. The number of fused-ring (bicyclic) bond motifs is 1. The van der Waals surface area contributed by atoms with Gasteiger partial charge in [-0.05, 0) is 51.4 Å². The van der Waals surface area contributed by atoms with E-state index in [9.17, 15) is 0 Å². The molecule has 0 amide bonds. The second kappa shape index (κ2) is 8.16. The molecule has 3 aliphatic heterocycles. The molecule has 1 unspecified atom stereocenters. The fourth-order valence-corrected chi connectivity index (χ4v) is 4.64. The molecule has 2 fully saturated rings. The normalized spacial score (nSPS) is 27.2. The van der Waals surface area contributed by atoms with Crippen LogP contribution in [0.1, 0.15) is 30.7 Å². The van der Waals surface area contributed by atoms with Gasteiger partial charge in [0.1, 0.15) is 0 Å². The van der Waals surface area contributed by atoms with Crippen LogP contribution in [0.5, 0.6) is 0 Å². The third kappa shape index (κ3) is 4.61. The molecule has 140 valence electrons. The summed E-state index contributed by atoms with van der Waals surface area (Å²) in [7, 11) is 2.27. The lowest BCUT2D eigenvalue weighted by atomic mass is 9.97. The summed E-state index contributed by atoms with van der Waals surface area (Å²) in [4.78, 5) is 7.77. The van der Waals surface area contributed by atoms with Crippen LogP contribution in [-0.4, -0.2) is 83.9 Å². The summed E-state index contributed by atoms with van der Waals surface area (Å²) in [5, 5.41) is 8.33. The molecule has 0 bridgehead atoms. The highest BCUT2D eigenvalue weighted by atomic mass is 15.3. The Morgan fingerprint density at radius 3 is 2.76 bits per heavy atom. The lowest BCUT2D eigenvalue weighted by Gasteiger charge is -2.38. The fourth-order valence-electron chi connectivity index (χ4n) is 4.64. The molecule has 0 spiro atoms. The first-order valence-electron chi connectivity index (χ1n) is 10.2. The predicted octanol–water partition coefficient (Wildman–Crippen LogP) is 0.836. The third-order valence-corrected chi connectivity index (χ3v) is 6.03. The molecule has 1 N–H and O–H groups in total. The van der Waals surface area contributed by atoms with E-state index in [1.54, 1.807) is 0 Å². The Labute approximate surface area is 152 Å². The Kier molecular flexibility index (Phi) is 5.70. The zero-order valence-electron chi connectivity index (χ0n) is 15.8. The number of aryl methyl sites for hydroxylation is 1. The number of nitrogens with one attached hydrogen (secondary N) is 1. The highest BCUT2D eigenvalue weighted by Crippen LogP contribution is 2.18. The maximum Gasteiger partial charge on any atom is 0.0768 e. The van der Waals surface area contributed by atoms with Crippen LogP contribution < -0.4 is 5.32 Å². The predicted molar refractivity (Wildman–Crippen MR) is 100 cm³/mol. The van der Waals surface area contributed by atoms with Crippen LogP contribution in [0, 0.1) is 5.92 Å². The number of likely N-dealkylation sites (tertiary alicyclic amines) is 1. The number of hydrogen-bond acceptors (Lipinski definition) is 5. The molecule has 3 aliphatic rings. The van der Waals surface area contributed by atoms with Crippen molar-refractivity contribution in [3.05, 3.63) is 17.5 Å². The molecular formula is C19H34N6. The van der Waals surface area contributed by atoms with Gasteiger partial charge in [0.05, 0.1) is 11.4 Å². The van der Waals surface area contributed by atoms with Crippen molar-refractivity contribution in [1.29, 1.82) is 0 Å². The zero-order valence-corrected chi connectivity index (χ0v) is 15.8. The molecule has 1 aromatic heterocycles. The monoisotopic (exact) mass is 346 g/mol. The number of piperazine rings is 1. The van der Waals surface area contributed by atoms with E-state index in [-0.39, 0.29) is 0 Å². The number of piperidine rings is 1. The van der Waals surface area contributed by atoms with Crippen LogP contribution >= 0.6 is 0 Å². The molecule has 4 heterocycles. The maximum atomic E-state index is 4.84. The molecule has 0 saturated carbocycles. The van der Waals surface area contributed by atoms with Crippen molar-refractivity contribution in [3.8, 4) is 0 Å². The van der Waals surface area contributed by atoms with Gasteiger partial charge >= 0.3 is 0 Å². The molecule has 1 atom stereocenters. The van der Waals surface area contributed by atoms with E-state index in [0.717, 1.165) is 32.1 Å². The van der Waals surface area contributed by atoms with Crippen LogP contribution in [0.2, 0.25) is 0 Å². The van der Waals surface area contributed by atoms with Crippen LogP contribution in [0.3, 0.4) is 0 Å². The number of rotatable bonds is 4. The molecule has 4 rings (SSSR count). The molecule has 0 radical (unpaired) electrons. The van der Waals surface area contributed by atoms with Gasteiger partial charge in [0.2, 0.25) is 0 Å². The summed E-state index contributed by atoms with van der Waals surface area (Å²) in [6, 6.07) is 2.31. The van der Waals surface area contributed by atoms with Crippen molar-refractivity contribution in [2.24, 2.45) is 5.92 Å². The van der Waals surface area contributed by atoms with E-state index in [0.29, 0.717) is 0 Å². The smallest absolute Gasteiger partial charge is 0.0768 e. The fraction of sp³-hybridized carbons (Fsp3) is 0.842. The van der Waals surface area contributed by atoms with Gasteiger partial charge in [-0.25, -0.2) is 0 Å². The largest absolute Gasteiger partial charge is 0.311 e. The molecule has 0 aliphatic carbocycles. The van der Waals surface area contributed by atoms with E-state index in [1.807, 2.05) is 0 Å². The van der Waals surface area contributed by atoms with Crippen LogP contribution in [-0.2, 0) is 19.6 Å². The second-order valence-corrected chi connectivity index (χ2v) is 8.23. The van der Waals surface area contributed by atoms with Gasteiger partial charge in [0, 0.05) is 58.9 Å². The van der Waals surface area contributed by atoms with Gasteiger partial charge < -0.3 is 15.1 Å². The van der Waals surface area contributed by atoms with E-state index in [4.69, 9.17) is 5.10 Å². The minimum absolute atomic E-state index is 0.876. The van der Waals surface area contributed by atoms with Crippen molar-refractivity contribution in [2.45, 2.75) is 38.9 Å². The third-order valence-electron chi connectivity index (χ3n) is 6.03. The minimum Gasteiger partial charge on any atom is -0.311 e. The van der Waals surface area contributed by atoms with Crippen LogP contribution in [0.4, 0.5) is 0 Å². The summed E-state index contributed by atoms with van der Waals surface area (Å²) in [6.45, 7) is 12.8. The molecule has 6 heteroatoms. The summed E-state index contributed by atoms with van der Waals surface area (Å²) in [5.41, 5.74) is 2.61. The molecular weight excluding hydrogens is 312 g/mol. The van der Waals surface area contributed by atoms with Gasteiger partial charge in [-0.15, -0.1) is 0 Å². The average molecular weight is 347 g/mol. The first-order chi connectivity index (χ1) is 12.3. The number of nitrogens with zero attached hydrogens (tertiary/aromatic N) is 5. The van der Waals surface area contributed by atoms with Crippen LogP contribution in [0.25, 0.3) is 0 Å². The van der Waals surface area contributed by atoms with E-state index < -0.39 is 0 Å². The van der Waals surface area contributed by atoms with Gasteiger partial charge in [0.15, 0.2) is 0 Å². The number of hydrogen-bond donors (Lipinski definition) is 1. The molecule has 25 heavy (non-hydrogen) atoms. The highest BCUT2D eigenvalue weighted by Gasteiger charge is 2.23. The highest BCUT2D eigenvalue weighted by molar-refractivity contribution is 5.11. The summed E-state index contributed by atoms with van der Waals surface area (Å²) in [5.74, 6) is 0.876. The lowest BCUT2D eigenvalue weighted by molar-refractivity contribution is 0.0923. The first-order valence-corrected chi connectivity index (χ1v) is 10.2. The van der Waals surface area contributed by atoms with Crippen LogP contribution in [0.15, 0.2) is 6.07 Å². The van der Waals surface area contributed by atoms with Gasteiger partial charge in [-0.1, -0.05) is 0 Å². The Bertz CT molecular complexity index is 525. The summed E-state index contributed by atoms with van der Waals surface area (Å²) < 4.78 is 2.21. The molecule has 0 aromatic carbocycles. The van der Waals surface area contributed by atoms with Crippen molar-refractivity contribution in [3.63, 3.8) is 0 Å². The lowest BCUT2D eigenvalue weighted by Crippen LogP contribution is -2.49. The first kappa shape index (κ1) is 17.5. The van der Waals surface area contributed by atoms with E-state index in [1.165, 1.54) is 76.5 Å². The van der Waals surface area contributed by atoms with E-state index in [2.05, 4.69) is 37.8 Å². The van der Waals surface area contributed by atoms with Gasteiger partial charge in [0.25, 0.3) is 0 Å². The Balaban J connectivity index is 1.23. The topological polar surface area (TPSA) is 39.6 Å². The van der Waals surface area contributed by atoms with Gasteiger partial charge in [-0.2, -0.15) is 5.10 Å². The molecule has 2 saturated heterocycles. The van der Waals surface area contributed by atoms with Crippen molar-refractivity contribution in [2.75, 3.05) is 59.4 Å². The Hall–Kier alpha value is -0.950. The molecule has 6 nitrogen and oxygen atoms in total. The summed E-state index contributed by atoms with van der Waals surface area (Å²) >= 11 is 0. The SMILES string of the molecule is CN1CCCC(CN2CCN(Cc3cc4n(n3)CCCNC4)CC2)C1. The standard InChI is InChI=1S/C19H34N6/c1-22-6-2-4-17(14-22)15-23-8-10-24(11-9-23)16-18-12-19-13-20-5-3-7-25(19)21-18/h12,17,20H,2-11,13-16H2,1H3. The quantitative estimate of drug-likeness (QED) is 0.875. The van der Waals surface area contributed by atoms with Crippen molar-refractivity contribution >= 4 is 0 Å². The van der Waals surface area contributed by atoms with Crippen molar-refractivity contribution in [1.82, 2.24) is 29.8 Å². The number of aromatic nitrogens is 2. The minimum atomic E-state index is 0.876. The average Bonchev–Trinajstić information content (AvgIpc) is 2.85. The maximum absolute atomic E-state index is 4.84. The molecule has 1 aromatic rings. The van der Waals surface area contributed by atoms with Gasteiger partial charge in [-0.3, -0.25) is 9.58 Å². The van der Waals surface area contributed by atoms with E-state index >= 15 is 0 Å². The zero-order chi connectivity index (χ0) is 17.1. The summed E-state index contributed by atoms with van der Waals surface area (Å²) in [6.07, 6.45) is 3.98. The Morgan fingerprint density at radius 2 is 1.92 bits per heavy atom. The Morgan fingerprint density at radius 1 is 1.08 bits per heavy atom. The van der Waals surface area contributed by atoms with Crippen molar-refractivity contribution < 1.29 is 0 Å².